The number of halogens is 1. The Balaban J connectivity index is 1.62. The second-order valence-electron chi connectivity index (χ2n) is 5.23. The highest BCUT2D eigenvalue weighted by molar-refractivity contribution is 6.32. The number of carbonyl (C=O) groups is 1. The molecule has 1 aliphatic rings. The van der Waals surface area contributed by atoms with Crippen molar-refractivity contribution in [1.82, 2.24) is 5.32 Å². The summed E-state index contributed by atoms with van der Waals surface area (Å²) in [4.78, 5) is 12.0. The van der Waals surface area contributed by atoms with Crippen LogP contribution in [0.25, 0.3) is 0 Å². The number of para-hydroxylation sites is 1. The monoisotopic (exact) mass is 317 g/mol. The van der Waals surface area contributed by atoms with Crippen molar-refractivity contribution in [3.8, 4) is 5.75 Å². The zero-order valence-corrected chi connectivity index (χ0v) is 12.6. The van der Waals surface area contributed by atoms with Crippen LogP contribution in [0.1, 0.15) is 17.2 Å². The molecule has 1 amide bonds. The first-order valence-corrected chi connectivity index (χ1v) is 7.45. The van der Waals surface area contributed by atoms with Crippen molar-refractivity contribution < 1.29 is 14.6 Å². The van der Waals surface area contributed by atoms with E-state index in [1.54, 1.807) is 24.3 Å². The Morgan fingerprint density at radius 1 is 1.23 bits per heavy atom. The molecule has 114 valence electrons. The number of hydrogen-bond acceptors (Lipinski definition) is 3. The third kappa shape index (κ3) is 3.08. The van der Waals surface area contributed by atoms with E-state index in [1.807, 2.05) is 24.3 Å². The van der Waals surface area contributed by atoms with Gasteiger partial charge in [-0.2, -0.15) is 0 Å². The number of aliphatic hydroxyl groups excluding tert-OH is 1. The van der Waals surface area contributed by atoms with Gasteiger partial charge in [0.05, 0.1) is 17.2 Å². The summed E-state index contributed by atoms with van der Waals surface area (Å²) in [6, 6.07) is 14.3. The first-order valence-electron chi connectivity index (χ1n) is 7.07. The number of ether oxygens (including phenoxy) is 1. The fourth-order valence-corrected chi connectivity index (χ4v) is 2.86. The molecule has 0 spiro atoms. The molecule has 0 fully saturated rings. The SMILES string of the molecule is O=C(COc1ccccc1Cl)NC1c2ccccc2CC1O. The van der Waals surface area contributed by atoms with Gasteiger partial charge in [0.15, 0.2) is 6.61 Å². The quantitative estimate of drug-likeness (QED) is 0.911. The second-order valence-corrected chi connectivity index (χ2v) is 5.64. The Hall–Kier alpha value is -2.04. The molecule has 0 aliphatic heterocycles. The fourth-order valence-electron chi connectivity index (χ4n) is 2.67. The molecule has 22 heavy (non-hydrogen) atoms. The highest BCUT2D eigenvalue weighted by Gasteiger charge is 2.31. The average molecular weight is 318 g/mol. The number of aliphatic hydroxyl groups is 1. The van der Waals surface area contributed by atoms with Crippen molar-refractivity contribution in [2.75, 3.05) is 6.61 Å². The number of fused-ring (bicyclic) bond motifs is 1. The summed E-state index contributed by atoms with van der Waals surface area (Å²) in [5, 5.41) is 13.4. The summed E-state index contributed by atoms with van der Waals surface area (Å²) in [5.41, 5.74) is 2.02. The van der Waals surface area contributed by atoms with Gasteiger partial charge in [0, 0.05) is 6.42 Å². The molecule has 1 aliphatic carbocycles. The maximum absolute atomic E-state index is 12.0. The minimum Gasteiger partial charge on any atom is -0.482 e. The van der Waals surface area contributed by atoms with Crippen molar-refractivity contribution in [3.05, 3.63) is 64.7 Å². The zero-order chi connectivity index (χ0) is 15.5. The minimum absolute atomic E-state index is 0.144. The van der Waals surface area contributed by atoms with E-state index in [9.17, 15) is 9.90 Å². The van der Waals surface area contributed by atoms with Crippen LogP contribution in [0, 0.1) is 0 Å². The molecule has 0 aromatic heterocycles. The molecule has 2 aromatic rings. The molecule has 0 bridgehead atoms. The molecule has 0 saturated heterocycles. The van der Waals surface area contributed by atoms with Gasteiger partial charge in [0.2, 0.25) is 0 Å². The predicted molar refractivity (Wildman–Crippen MR) is 84.0 cm³/mol. The molecule has 2 unspecified atom stereocenters. The number of benzene rings is 2. The van der Waals surface area contributed by atoms with Gasteiger partial charge in [-0.1, -0.05) is 48.0 Å². The average Bonchev–Trinajstić information content (AvgIpc) is 2.83. The van der Waals surface area contributed by atoms with Gasteiger partial charge in [0.1, 0.15) is 5.75 Å². The molecule has 4 nitrogen and oxygen atoms in total. The summed E-state index contributed by atoms with van der Waals surface area (Å²) in [6.07, 6.45) is -0.0615. The van der Waals surface area contributed by atoms with Gasteiger partial charge in [-0.3, -0.25) is 4.79 Å². The first kappa shape index (κ1) is 14.9. The maximum atomic E-state index is 12.0. The molecule has 0 radical (unpaired) electrons. The van der Waals surface area contributed by atoms with E-state index in [0.717, 1.165) is 11.1 Å². The molecule has 5 heteroatoms. The third-order valence-corrected chi connectivity index (χ3v) is 4.03. The van der Waals surface area contributed by atoms with Crippen LogP contribution >= 0.6 is 11.6 Å². The zero-order valence-electron chi connectivity index (χ0n) is 11.8. The van der Waals surface area contributed by atoms with E-state index in [4.69, 9.17) is 16.3 Å². The Labute approximate surface area is 133 Å². The Bertz CT molecular complexity index is 689. The first-order chi connectivity index (χ1) is 10.6. The lowest BCUT2D eigenvalue weighted by atomic mass is 10.1. The van der Waals surface area contributed by atoms with E-state index in [0.29, 0.717) is 17.2 Å². The lowest BCUT2D eigenvalue weighted by Gasteiger charge is -2.18. The van der Waals surface area contributed by atoms with Crippen molar-refractivity contribution in [2.45, 2.75) is 18.6 Å². The van der Waals surface area contributed by atoms with Gasteiger partial charge in [-0.05, 0) is 23.3 Å². The lowest BCUT2D eigenvalue weighted by Crippen LogP contribution is -2.36. The molecule has 2 N–H and O–H groups in total. The van der Waals surface area contributed by atoms with E-state index in [1.165, 1.54) is 0 Å². The van der Waals surface area contributed by atoms with E-state index >= 15 is 0 Å². The van der Waals surface area contributed by atoms with E-state index in [2.05, 4.69) is 5.32 Å². The Kier molecular flexibility index (Phi) is 4.32. The summed E-state index contributed by atoms with van der Waals surface area (Å²) < 4.78 is 5.41. The summed E-state index contributed by atoms with van der Waals surface area (Å²) in [5.74, 6) is 0.173. The van der Waals surface area contributed by atoms with E-state index in [-0.39, 0.29) is 12.5 Å². The molecular weight excluding hydrogens is 302 g/mol. The van der Waals surface area contributed by atoms with Crippen LogP contribution in [0.5, 0.6) is 5.75 Å². The lowest BCUT2D eigenvalue weighted by molar-refractivity contribution is -0.124. The normalized spacial score (nSPS) is 19.5. The highest BCUT2D eigenvalue weighted by Crippen LogP contribution is 2.31. The molecule has 2 aromatic carbocycles. The number of nitrogens with one attached hydrogen (secondary N) is 1. The van der Waals surface area contributed by atoms with Gasteiger partial charge in [-0.25, -0.2) is 0 Å². The largest absolute Gasteiger partial charge is 0.482 e. The Morgan fingerprint density at radius 2 is 1.95 bits per heavy atom. The van der Waals surface area contributed by atoms with Crippen LogP contribution < -0.4 is 10.1 Å². The number of hydrogen-bond donors (Lipinski definition) is 2. The smallest absolute Gasteiger partial charge is 0.258 e. The minimum atomic E-state index is -0.610. The van der Waals surface area contributed by atoms with Gasteiger partial charge < -0.3 is 15.2 Å². The fraction of sp³-hybridized carbons (Fsp3) is 0.235. The number of carbonyl (C=O) groups excluding carboxylic acids is 1. The molecular formula is C17H16ClNO3. The standard InChI is InChI=1S/C17H16ClNO3/c18-13-7-3-4-8-15(13)22-10-16(21)19-17-12-6-2-1-5-11(12)9-14(17)20/h1-8,14,17,20H,9-10H2,(H,19,21). The predicted octanol–water partition coefficient (Wildman–Crippen LogP) is 2.49. The van der Waals surface area contributed by atoms with Crippen LogP contribution in [-0.4, -0.2) is 23.7 Å². The van der Waals surface area contributed by atoms with Crippen molar-refractivity contribution in [3.63, 3.8) is 0 Å². The van der Waals surface area contributed by atoms with E-state index < -0.39 is 12.1 Å². The highest BCUT2D eigenvalue weighted by atomic mass is 35.5. The number of amides is 1. The summed E-state index contributed by atoms with van der Waals surface area (Å²) in [6.45, 7) is -0.144. The molecule has 0 heterocycles. The van der Waals surface area contributed by atoms with Gasteiger partial charge in [-0.15, -0.1) is 0 Å². The van der Waals surface area contributed by atoms with Crippen molar-refractivity contribution in [1.29, 1.82) is 0 Å². The van der Waals surface area contributed by atoms with Crippen LogP contribution in [0.3, 0.4) is 0 Å². The summed E-state index contributed by atoms with van der Waals surface area (Å²) in [7, 11) is 0. The summed E-state index contributed by atoms with van der Waals surface area (Å²) >= 11 is 5.97. The molecule has 2 atom stereocenters. The van der Waals surface area contributed by atoms with Crippen LogP contribution in [0.4, 0.5) is 0 Å². The topological polar surface area (TPSA) is 58.6 Å². The third-order valence-electron chi connectivity index (χ3n) is 3.72. The van der Waals surface area contributed by atoms with Gasteiger partial charge >= 0.3 is 0 Å². The van der Waals surface area contributed by atoms with Crippen LogP contribution in [-0.2, 0) is 11.2 Å². The van der Waals surface area contributed by atoms with Crippen LogP contribution in [0.2, 0.25) is 5.02 Å². The van der Waals surface area contributed by atoms with Crippen molar-refractivity contribution in [2.24, 2.45) is 0 Å². The molecule has 3 rings (SSSR count). The van der Waals surface area contributed by atoms with Gasteiger partial charge in [0.25, 0.3) is 5.91 Å². The van der Waals surface area contributed by atoms with Crippen molar-refractivity contribution >= 4 is 17.5 Å². The molecule has 0 saturated carbocycles. The maximum Gasteiger partial charge on any atom is 0.258 e. The second kappa shape index (κ2) is 6.38. The van der Waals surface area contributed by atoms with Crippen LogP contribution in [0.15, 0.2) is 48.5 Å². The Morgan fingerprint density at radius 3 is 2.77 bits per heavy atom. The number of rotatable bonds is 4.